The molecule has 182 valence electrons. The molecule has 1 saturated carbocycles. The molecule has 2 aliphatic rings. The first-order chi connectivity index (χ1) is 17.1. The van der Waals surface area contributed by atoms with Crippen LogP contribution in [0.1, 0.15) is 29.2 Å². The minimum atomic E-state index is -0.501. The number of methoxy groups -OCH3 is 1. The topological polar surface area (TPSA) is 115 Å². The van der Waals surface area contributed by atoms with Crippen molar-refractivity contribution in [1.82, 2.24) is 24.5 Å². The van der Waals surface area contributed by atoms with E-state index in [1.54, 1.807) is 11.6 Å². The molecule has 1 aromatic carbocycles. The van der Waals surface area contributed by atoms with Crippen LogP contribution in [0.2, 0.25) is 0 Å². The monoisotopic (exact) mass is 476 g/mol. The lowest BCUT2D eigenvalue weighted by Gasteiger charge is -2.32. The quantitative estimate of drug-likeness (QED) is 0.391. The Morgan fingerprint density at radius 3 is 2.86 bits per heavy atom. The molecular formula is C25H28N6O4. The molecule has 10 heteroatoms. The molecule has 2 unspecified atom stereocenters. The maximum Gasteiger partial charge on any atom is 0.257 e. The van der Waals surface area contributed by atoms with Crippen LogP contribution in [0, 0.1) is 0 Å². The summed E-state index contributed by atoms with van der Waals surface area (Å²) in [7, 11) is 3.52. The number of nitrogens with zero attached hydrogens (tertiary/aromatic N) is 4. The third-order valence-corrected chi connectivity index (χ3v) is 7.20. The van der Waals surface area contributed by atoms with Gasteiger partial charge >= 0.3 is 0 Å². The summed E-state index contributed by atoms with van der Waals surface area (Å²) in [6, 6.07) is 9.94. The molecule has 0 radical (unpaired) electrons. The minimum absolute atomic E-state index is 0.0334. The van der Waals surface area contributed by atoms with E-state index in [9.17, 15) is 9.90 Å². The molecule has 10 nitrogen and oxygen atoms in total. The zero-order chi connectivity index (χ0) is 24.1. The van der Waals surface area contributed by atoms with E-state index in [-0.39, 0.29) is 24.1 Å². The predicted octanol–water partition coefficient (Wildman–Crippen LogP) is 2.23. The van der Waals surface area contributed by atoms with Gasteiger partial charge < -0.3 is 29.8 Å². The summed E-state index contributed by atoms with van der Waals surface area (Å²) in [5, 5.41) is 21.4. The zero-order valence-electron chi connectivity index (χ0n) is 19.6. The van der Waals surface area contributed by atoms with Crippen molar-refractivity contribution >= 4 is 28.3 Å². The molecule has 4 heterocycles. The largest absolute Gasteiger partial charge is 0.391 e. The molecule has 4 aromatic rings. The first-order valence-corrected chi connectivity index (χ1v) is 11.8. The average molecular weight is 477 g/mol. The summed E-state index contributed by atoms with van der Waals surface area (Å²) >= 11 is 0. The van der Waals surface area contributed by atoms with Gasteiger partial charge in [0.05, 0.1) is 43.3 Å². The number of nitrogens with one attached hydrogen (secondary N) is 2. The van der Waals surface area contributed by atoms with Gasteiger partial charge in [0.15, 0.2) is 5.65 Å². The van der Waals surface area contributed by atoms with E-state index in [0.717, 1.165) is 28.6 Å². The summed E-state index contributed by atoms with van der Waals surface area (Å²) < 4.78 is 15.2. The second-order valence-corrected chi connectivity index (χ2v) is 9.14. The van der Waals surface area contributed by atoms with Gasteiger partial charge in [-0.2, -0.15) is 9.61 Å². The Hall–Kier alpha value is -3.47. The minimum Gasteiger partial charge on any atom is -0.391 e. The van der Waals surface area contributed by atoms with Crippen LogP contribution < -0.4 is 10.6 Å². The highest BCUT2D eigenvalue weighted by Gasteiger charge is 2.33. The Balaban J connectivity index is 1.47. The number of rotatable bonds is 6. The fraction of sp³-hybridized carbons (Fsp3) is 0.400. The molecule has 1 aliphatic carbocycles. The number of anilines is 1. The smallest absolute Gasteiger partial charge is 0.257 e. The van der Waals surface area contributed by atoms with E-state index in [2.05, 4.69) is 38.6 Å². The van der Waals surface area contributed by atoms with Crippen molar-refractivity contribution < 1.29 is 19.4 Å². The van der Waals surface area contributed by atoms with Crippen LogP contribution in [0.4, 0.5) is 5.82 Å². The number of fused-ring (bicyclic) bond motifs is 2. The van der Waals surface area contributed by atoms with Crippen molar-refractivity contribution in [2.45, 2.75) is 37.1 Å². The third kappa shape index (κ3) is 3.56. The van der Waals surface area contributed by atoms with Gasteiger partial charge in [-0.3, -0.25) is 4.79 Å². The molecule has 6 rings (SSSR count). The Morgan fingerprint density at radius 2 is 2.11 bits per heavy atom. The van der Waals surface area contributed by atoms with Crippen LogP contribution in [-0.4, -0.2) is 75.8 Å². The normalized spacial score (nSPS) is 24.1. The summed E-state index contributed by atoms with van der Waals surface area (Å²) in [6.45, 7) is 1.13. The highest BCUT2D eigenvalue weighted by Crippen LogP contribution is 2.36. The van der Waals surface area contributed by atoms with Crippen molar-refractivity contribution in [2.75, 3.05) is 32.7 Å². The number of aliphatic hydroxyl groups excluding tert-OH is 1. The van der Waals surface area contributed by atoms with E-state index in [4.69, 9.17) is 14.5 Å². The molecule has 1 saturated heterocycles. The number of benzene rings is 1. The third-order valence-electron chi connectivity index (χ3n) is 7.20. The molecule has 2 fully saturated rings. The number of amides is 1. The second kappa shape index (κ2) is 8.63. The lowest BCUT2D eigenvalue weighted by atomic mass is 9.89. The van der Waals surface area contributed by atoms with Crippen LogP contribution in [0.3, 0.4) is 0 Å². The van der Waals surface area contributed by atoms with Gasteiger partial charge in [-0.05, 0) is 18.9 Å². The number of para-hydroxylation sites is 1. The van der Waals surface area contributed by atoms with Gasteiger partial charge in [0, 0.05) is 42.9 Å². The first-order valence-electron chi connectivity index (χ1n) is 11.8. The van der Waals surface area contributed by atoms with Crippen molar-refractivity contribution in [3.05, 3.63) is 48.3 Å². The number of hydrogen-bond donors (Lipinski definition) is 3. The molecule has 1 amide bonds. The van der Waals surface area contributed by atoms with E-state index in [0.29, 0.717) is 36.7 Å². The standard InChI is InChI=1S/C25H28N6O4/c1-26-23-9-18(28-24-15(10-27-31(23)24)25(33)29-17-7-8-21(17)32)16-11-30(19-6-4-3-5-14(16)19)20-12-35-13-22(20)34-2/h3-6,9-11,17,20-22,26,32H,7-8,12-13H2,1-2H3,(H,29,33)/t17?,20-,21?,22-/m1/s1. The van der Waals surface area contributed by atoms with Gasteiger partial charge in [-0.15, -0.1) is 0 Å². The highest BCUT2D eigenvalue weighted by molar-refractivity contribution is 6.01. The lowest BCUT2D eigenvalue weighted by Crippen LogP contribution is -2.50. The highest BCUT2D eigenvalue weighted by atomic mass is 16.5. The molecule has 1 aliphatic heterocycles. The van der Waals surface area contributed by atoms with Crippen LogP contribution in [0.15, 0.2) is 42.7 Å². The summed E-state index contributed by atoms with van der Waals surface area (Å²) in [6.07, 6.45) is 4.55. The maximum absolute atomic E-state index is 13.0. The van der Waals surface area contributed by atoms with E-state index in [1.165, 1.54) is 6.20 Å². The van der Waals surface area contributed by atoms with Gasteiger partial charge in [0.2, 0.25) is 0 Å². The lowest BCUT2D eigenvalue weighted by molar-refractivity contribution is 0.0448. The average Bonchev–Trinajstić information content (AvgIpc) is 3.61. The SMILES string of the molecule is CNc1cc(-c2cn([C@@H]3COC[C@H]3OC)c3ccccc23)nc2c(C(=O)NC3CCC3O)cnn12. The Kier molecular flexibility index (Phi) is 5.43. The van der Waals surface area contributed by atoms with E-state index < -0.39 is 6.10 Å². The van der Waals surface area contributed by atoms with E-state index in [1.807, 2.05) is 25.2 Å². The maximum atomic E-state index is 13.0. The van der Waals surface area contributed by atoms with Crippen LogP contribution in [-0.2, 0) is 9.47 Å². The Labute approximate surface area is 201 Å². The number of hydrogen-bond acceptors (Lipinski definition) is 7. The fourth-order valence-corrected chi connectivity index (χ4v) is 5.03. The Bertz CT molecular complexity index is 1410. The fourth-order valence-electron chi connectivity index (χ4n) is 5.03. The molecule has 35 heavy (non-hydrogen) atoms. The number of carbonyl (C=O) groups excluding carboxylic acids is 1. The van der Waals surface area contributed by atoms with Crippen LogP contribution >= 0.6 is 0 Å². The molecule has 3 aromatic heterocycles. The number of ether oxygens (including phenoxy) is 2. The number of carbonyl (C=O) groups is 1. The van der Waals surface area contributed by atoms with Gasteiger partial charge in [0.25, 0.3) is 5.91 Å². The Morgan fingerprint density at radius 1 is 1.26 bits per heavy atom. The summed E-state index contributed by atoms with van der Waals surface area (Å²) in [5.74, 6) is 0.424. The van der Waals surface area contributed by atoms with Crippen molar-refractivity contribution in [1.29, 1.82) is 0 Å². The molecule has 0 bridgehead atoms. The van der Waals surface area contributed by atoms with Gasteiger partial charge in [-0.1, -0.05) is 18.2 Å². The van der Waals surface area contributed by atoms with Crippen molar-refractivity contribution in [2.24, 2.45) is 0 Å². The summed E-state index contributed by atoms with van der Waals surface area (Å²) in [5.41, 5.74) is 3.56. The van der Waals surface area contributed by atoms with Crippen LogP contribution in [0.25, 0.3) is 27.8 Å². The molecule has 4 atom stereocenters. The van der Waals surface area contributed by atoms with Gasteiger partial charge in [0.1, 0.15) is 17.5 Å². The van der Waals surface area contributed by atoms with Crippen molar-refractivity contribution in [3.63, 3.8) is 0 Å². The van der Waals surface area contributed by atoms with Crippen molar-refractivity contribution in [3.8, 4) is 11.3 Å². The number of aromatic nitrogens is 4. The van der Waals surface area contributed by atoms with E-state index >= 15 is 0 Å². The zero-order valence-corrected chi connectivity index (χ0v) is 19.6. The van der Waals surface area contributed by atoms with Crippen LogP contribution in [0.5, 0.6) is 0 Å². The molecular weight excluding hydrogens is 448 g/mol. The summed E-state index contributed by atoms with van der Waals surface area (Å²) in [4.78, 5) is 17.9. The molecule has 0 spiro atoms. The number of aliphatic hydroxyl groups is 1. The first kappa shape index (κ1) is 22.0. The predicted molar refractivity (Wildman–Crippen MR) is 131 cm³/mol. The molecule has 3 N–H and O–H groups in total. The van der Waals surface area contributed by atoms with Gasteiger partial charge in [-0.25, -0.2) is 4.98 Å². The second-order valence-electron chi connectivity index (χ2n) is 9.14.